The molecule has 0 saturated carbocycles. The van der Waals surface area contributed by atoms with Crippen LogP contribution in [0, 0.1) is 0 Å². The Morgan fingerprint density at radius 1 is 1.19 bits per heavy atom. The van der Waals surface area contributed by atoms with E-state index in [1.165, 1.54) is 0 Å². The summed E-state index contributed by atoms with van der Waals surface area (Å²) in [4.78, 5) is 24.6. The van der Waals surface area contributed by atoms with Gasteiger partial charge in [-0.25, -0.2) is 4.98 Å². The Labute approximate surface area is 120 Å². The number of fused-ring (bicyclic) bond motifs is 1. The van der Waals surface area contributed by atoms with E-state index in [-0.39, 0.29) is 17.6 Å². The number of H-pyrrole nitrogens is 1. The van der Waals surface area contributed by atoms with Gasteiger partial charge in [-0.3, -0.25) is 19.9 Å². The highest BCUT2D eigenvalue weighted by molar-refractivity contribution is 6.02. The second-order valence-corrected chi connectivity index (χ2v) is 4.91. The van der Waals surface area contributed by atoms with Crippen molar-refractivity contribution in [3.63, 3.8) is 0 Å². The van der Waals surface area contributed by atoms with Gasteiger partial charge in [0.1, 0.15) is 5.82 Å². The normalized spacial score (nSPS) is 11.0. The Balaban J connectivity index is 1.81. The van der Waals surface area contributed by atoms with E-state index in [1.54, 1.807) is 30.6 Å². The third-order valence-corrected chi connectivity index (χ3v) is 2.98. The number of hydrogen-bond acceptors (Lipinski definition) is 5. The molecule has 0 aliphatic carbocycles. The molecular formula is C14H14N6O. The Morgan fingerprint density at radius 2 is 1.95 bits per heavy atom. The van der Waals surface area contributed by atoms with Gasteiger partial charge in [0, 0.05) is 24.0 Å². The largest absolute Gasteiger partial charge is 0.319 e. The second kappa shape index (κ2) is 5.28. The maximum Gasteiger partial charge on any atom is 0.295 e. The molecule has 2 heterocycles. The number of carbonyl (C=O) groups excluding carboxylic acids is 1. The number of hydrogen-bond donors (Lipinski definition) is 2. The van der Waals surface area contributed by atoms with Crippen molar-refractivity contribution in [2.45, 2.75) is 19.8 Å². The third-order valence-electron chi connectivity index (χ3n) is 2.98. The molecule has 0 unspecified atom stereocenters. The number of nitrogens with one attached hydrogen (secondary N) is 2. The molecule has 21 heavy (non-hydrogen) atoms. The van der Waals surface area contributed by atoms with Crippen LogP contribution in [-0.2, 0) is 0 Å². The topological polar surface area (TPSA) is 96.5 Å². The average molecular weight is 282 g/mol. The summed E-state index contributed by atoms with van der Waals surface area (Å²) >= 11 is 0. The Morgan fingerprint density at radius 3 is 2.67 bits per heavy atom. The van der Waals surface area contributed by atoms with Crippen LogP contribution in [0.2, 0.25) is 0 Å². The first kappa shape index (κ1) is 13.2. The van der Waals surface area contributed by atoms with Crippen LogP contribution in [0.25, 0.3) is 11.0 Å². The van der Waals surface area contributed by atoms with Gasteiger partial charge >= 0.3 is 0 Å². The van der Waals surface area contributed by atoms with Crippen LogP contribution in [0.5, 0.6) is 0 Å². The lowest BCUT2D eigenvalue weighted by Gasteiger charge is -2.03. The molecular weight excluding hydrogens is 268 g/mol. The summed E-state index contributed by atoms with van der Waals surface area (Å²) < 4.78 is 0. The van der Waals surface area contributed by atoms with Crippen LogP contribution in [0.15, 0.2) is 30.6 Å². The number of aromatic nitrogens is 5. The van der Waals surface area contributed by atoms with Gasteiger partial charge in [0.2, 0.25) is 5.82 Å². The first-order valence-electron chi connectivity index (χ1n) is 6.58. The molecule has 7 heteroatoms. The third kappa shape index (κ3) is 2.71. The molecule has 0 radical (unpaired) electrons. The quantitative estimate of drug-likeness (QED) is 0.767. The van der Waals surface area contributed by atoms with Crippen LogP contribution in [0.4, 0.5) is 5.69 Å². The van der Waals surface area contributed by atoms with Gasteiger partial charge in [0.05, 0.1) is 11.0 Å². The molecule has 3 rings (SSSR count). The smallest absolute Gasteiger partial charge is 0.295 e. The number of benzene rings is 1. The highest BCUT2D eigenvalue weighted by atomic mass is 16.2. The van der Waals surface area contributed by atoms with Crippen molar-refractivity contribution in [1.29, 1.82) is 0 Å². The Kier molecular flexibility index (Phi) is 3.31. The van der Waals surface area contributed by atoms with E-state index in [2.05, 4.69) is 30.5 Å². The van der Waals surface area contributed by atoms with Crippen molar-refractivity contribution < 1.29 is 4.79 Å². The predicted molar refractivity (Wildman–Crippen MR) is 78.0 cm³/mol. The number of amides is 1. The summed E-state index contributed by atoms with van der Waals surface area (Å²) in [5.74, 6) is 0.638. The van der Waals surface area contributed by atoms with Gasteiger partial charge < -0.3 is 5.32 Å². The van der Waals surface area contributed by atoms with Gasteiger partial charge in [-0.2, -0.15) is 0 Å². The van der Waals surface area contributed by atoms with Crippen molar-refractivity contribution in [3.05, 3.63) is 42.2 Å². The molecule has 7 nitrogen and oxygen atoms in total. The molecule has 106 valence electrons. The van der Waals surface area contributed by atoms with E-state index in [4.69, 9.17) is 0 Å². The van der Waals surface area contributed by atoms with Gasteiger partial charge in [-0.1, -0.05) is 13.8 Å². The van der Waals surface area contributed by atoms with Gasteiger partial charge in [-0.15, -0.1) is 5.10 Å². The minimum atomic E-state index is -0.360. The molecule has 0 saturated heterocycles. The van der Waals surface area contributed by atoms with E-state index in [9.17, 15) is 4.79 Å². The maximum atomic E-state index is 12.1. The van der Waals surface area contributed by atoms with Gasteiger partial charge in [0.25, 0.3) is 5.91 Å². The van der Waals surface area contributed by atoms with E-state index in [0.29, 0.717) is 17.0 Å². The molecule has 2 aromatic heterocycles. The summed E-state index contributed by atoms with van der Waals surface area (Å²) in [5.41, 5.74) is 2.12. The fourth-order valence-corrected chi connectivity index (χ4v) is 1.86. The summed E-state index contributed by atoms with van der Waals surface area (Å²) in [6.07, 6.45) is 3.24. The zero-order valence-corrected chi connectivity index (χ0v) is 11.7. The van der Waals surface area contributed by atoms with E-state index in [0.717, 1.165) is 5.52 Å². The minimum absolute atomic E-state index is 0.123. The summed E-state index contributed by atoms with van der Waals surface area (Å²) in [6.45, 7) is 3.95. The Bertz CT molecular complexity index is 795. The molecule has 2 N–H and O–H groups in total. The zero-order valence-electron chi connectivity index (χ0n) is 11.7. The van der Waals surface area contributed by atoms with Crippen LogP contribution < -0.4 is 5.32 Å². The van der Waals surface area contributed by atoms with Crippen LogP contribution in [0.1, 0.15) is 36.2 Å². The van der Waals surface area contributed by atoms with Crippen molar-refractivity contribution in [2.24, 2.45) is 0 Å². The number of rotatable bonds is 3. The monoisotopic (exact) mass is 282 g/mol. The molecule has 1 aromatic carbocycles. The zero-order chi connectivity index (χ0) is 14.8. The van der Waals surface area contributed by atoms with Crippen LogP contribution in [0.3, 0.4) is 0 Å². The molecule has 0 aliphatic rings. The lowest BCUT2D eigenvalue weighted by Crippen LogP contribution is -2.13. The number of aromatic amines is 1. The number of anilines is 1. The first-order valence-corrected chi connectivity index (χ1v) is 6.58. The summed E-state index contributed by atoms with van der Waals surface area (Å²) in [5, 5.41) is 9.43. The molecule has 1 amide bonds. The van der Waals surface area contributed by atoms with Crippen molar-refractivity contribution in [1.82, 2.24) is 25.1 Å². The molecule has 0 bridgehead atoms. The van der Waals surface area contributed by atoms with Gasteiger partial charge in [0.15, 0.2) is 0 Å². The maximum absolute atomic E-state index is 12.1. The molecule has 0 aliphatic heterocycles. The van der Waals surface area contributed by atoms with Gasteiger partial charge in [-0.05, 0) is 18.2 Å². The SMILES string of the molecule is CC(C)c1nc(C(=O)Nc2ccc3nccnc3c2)n[nH]1. The lowest BCUT2D eigenvalue weighted by molar-refractivity contribution is 0.101. The molecule has 0 fully saturated rings. The standard InChI is InChI=1S/C14H14N6O/c1-8(2)12-18-13(20-19-12)14(21)17-9-3-4-10-11(7-9)16-6-5-15-10/h3-8H,1-2H3,(H,17,21)(H,18,19,20). The predicted octanol–water partition coefficient (Wildman–Crippen LogP) is 2.12. The van der Waals surface area contributed by atoms with Crippen LogP contribution in [-0.4, -0.2) is 31.1 Å². The summed E-state index contributed by atoms with van der Waals surface area (Å²) in [6, 6.07) is 5.33. The fraction of sp³-hybridized carbons (Fsp3) is 0.214. The highest BCUT2D eigenvalue weighted by Gasteiger charge is 2.14. The lowest BCUT2D eigenvalue weighted by atomic mass is 10.2. The number of carbonyl (C=O) groups is 1. The van der Waals surface area contributed by atoms with Crippen molar-refractivity contribution in [2.75, 3.05) is 5.32 Å². The van der Waals surface area contributed by atoms with E-state index >= 15 is 0 Å². The molecule has 0 spiro atoms. The number of nitrogens with zero attached hydrogens (tertiary/aromatic N) is 4. The van der Waals surface area contributed by atoms with Crippen LogP contribution >= 0.6 is 0 Å². The molecule has 0 atom stereocenters. The Hall–Kier alpha value is -2.83. The van der Waals surface area contributed by atoms with E-state index < -0.39 is 0 Å². The second-order valence-electron chi connectivity index (χ2n) is 4.91. The average Bonchev–Trinajstić information content (AvgIpc) is 2.97. The fourth-order valence-electron chi connectivity index (χ4n) is 1.86. The van der Waals surface area contributed by atoms with Crippen molar-refractivity contribution in [3.8, 4) is 0 Å². The summed E-state index contributed by atoms with van der Waals surface area (Å²) in [7, 11) is 0. The van der Waals surface area contributed by atoms with E-state index in [1.807, 2.05) is 13.8 Å². The first-order chi connectivity index (χ1) is 10.1. The van der Waals surface area contributed by atoms with Crippen molar-refractivity contribution >= 4 is 22.6 Å². The molecule has 3 aromatic rings. The minimum Gasteiger partial charge on any atom is -0.319 e. The highest BCUT2D eigenvalue weighted by Crippen LogP contribution is 2.16.